The van der Waals surface area contributed by atoms with E-state index in [2.05, 4.69) is 56.6 Å². The molecule has 0 saturated carbocycles. The lowest BCUT2D eigenvalue weighted by Gasteiger charge is -2.04. The number of imidazole rings is 1. The summed E-state index contributed by atoms with van der Waals surface area (Å²) >= 11 is 3.43. The lowest BCUT2D eigenvalue weighted by atomic mass is 10.0. The van der Waals surface area contributed by atoms with Crippen molar-refractivity contribution in [2.45, 2.75) is 0 Å². The van der Waals surface area contributed by atoms with Crippen molar-refractivity contribution in [2.24, 2.45) is 0 Å². The average molecular weight is 443 g/mol. The van der Waals surface area contributed by atoms with Crippen LogP contribution in [0.4, 0.5) is 5.82 Å². The van der Waals surface area contributed by atoms with Gasteiger partial charge in [-0.05, 0) is 41.1 Å². The molecule has 0 radical (unpaired) electrons. The monoisotopic (exact) mass is 442 g/mol. The highest BCUT2D eigenvalue weighted by atomic mass is 79.9. The summed E-state index contributed by atoms with van der Waals surface area (Å²) in [5.74, 6) is 0.548. The largest absolute Gasteiger partial charge is 0.311 e. The van der Waals surface area contributed by atoms with Crippen molar-refractivity contribution in [1.82, 2.24) is 4.98 Å². The number of benzene rings is 3. The molecule has 0 aliphatic heterocycles. The predicted molar refractivity (Wildman–Crippen MR) is 119 cm³/mol. The molecule has 1 amide bonds. The van der Waals surface area contributed by atoms with Crippen LogP contribution in [0.2, 0.25) is 0 Å². The molecule has 0 fully saturated rings. The minimum atomic E-state index is -0.161. The first kappa shape index (κ1) is 17.6. The number of rotatable bonds is 3. The van der Waals surface area contributed by atoms with E-state index in [4.69, 9.17) is 0 Å². The molecule has 0 spiro atoms. The number of halogens is 1. The van der Waals surface area contributed by atoms with Crippen LogP contribution >= 0.6 is 15.9 Å². The van der Waals surface area contributed by atoms with Gasteiger partial charge in [0.1, 0.15) is 0 Å². The van der Waals surface area contributed by atoms with Gasteiger partial charge in [0.15, 0.2) is 5.69 Å². The van der Waals surface area contributed by atoms with Gasteiger partial charge in [-0.3, -0.25) is 9.78 Å². The SMILES string of the molecule is O=C(Nc1c(-c2ccc3ccccc3c2)[nH]c2cccc[n+]12)c1cccc(Br)c1. The maximum absolute atomic E-state index is 12.9. The van der Waals surface area contributed by atoms with Crippen molar-refractivity contribution in [3.8, 4) is 11.3 Å². The van der Waals surface area contributed by atoms with E-state index >= 15 is 0 Å². The van der Waals surface area contributed by atoms with Crippen LogP contribution in [0.15, 0.2) is 95.6 Å². The molecular weight excluding hydrogens is 426 g/mol. The normalized spacial score (nSPS) is 11.1. The molecule has 140 valence electrons. The lowest BCUT2D eigenvalue weighted by Crippen LogP contribution is -2.26. The second-order valence-corrected chi connectivity index (χ2v) is 7.75. The van der Waals surface area contributed by atoms with Crippen molar-refractivity contribution < 1.29 is 9.20 Å². The van der Waals surface area contributed by atoms with Gasteiger partial charge >= 0.3 is 5.91 Å². The smallest absolute Gasteiger partial charge is 0.267 e. The Labute approximate surface area is 176 Å². The van der Waals surface area contributed by atoms with Crippen LogP contribution in [-0.2, 0) is 0 Å². The number of nitrogens with zero attached hydrogens (tertiary/aromatic N) is 1. The van der Waals surface area contributed by atoms with E-state index in [1.54, 1.807) is 6.07 Å². The first-order valence-electron chi connectivity index (χ1n) is 9.27. The Hall–Kier alpha value is -3.44. The molecule has 0 bridgehead atoms. The summed E-state index contributed by atoms with van der Waals surface area (Å²) in [5.41, 5.74) is 3.37. The number of hydrogen-bond donors (Lipinski definition) is 2. The fraction of sp³-hybridized carbons (Fsp3) is 0. The van der Waals surface area contributed by atoms with Crippen molar-refractivity contribution in [1.29, 1.82) is 0 Å². The Morgan fingerprint density at radius 2 is 1.69 bits per heavy atom. The fourth-order valence-electron chi connectivity index (χ4n) is 3.53. The van der Waals surface area contributed by atoms with Crippen LogP contribution in [0.1, 0.15) is 10.4 Å². The minimum Gasteiger partial charge on any atom is -0.267 e. The first-order valence-corrected chi connectivity index (χ1v) is 10.1. The topological polar surface area (TPSA) is 49.0 Å². The summed E-state index contributed by atoms with van der Waals surface area (Å²) in [6, 6.07) is 27.8. The zero-order chi connectivity index (χ0) is 19.8. The molecule has 5 rings (SSSR count). The van der Waals surface area contributed by atoms with Gasteiger partial charge in [-0.2, -0.15) is 0 Å². The molecule has 2 aromatic heterocycles. The summed E-state index contributed by atoms with van der Waals surface area (Å²) in [6.45, 7) is 0. The highest BCUT2D eigenvalue weighted by molar-refractivity contribution is 9.10. The number of carbonyl (C=O) groups excluding carboxylic acids is 1. The summed E-state index contributed by atoms with van der Waals surface area (Å²) in [6.07, 6.45) is 1.94. The van der Waals surface area contributed by atoms with Gasteiger partial charge in [-0.1, -0.05) is 64.5 Å². The van der Waals surface area contributed by atoms with E-state index in [-0.39, 0.29) is 5.91 Å². The third kappa shape index (κ3) is 3.30. The van der Waals surface area contributed by atoms with E-state index in [9.17, 15) is 4.79 Å². The van der Waals surface area contributed by atoms with Crippen molar-refractivity contribution in [3.05, 3.63) is 101 Å². The summed E-state index contributed by atoms with van der Waals surface area (Å²) in [5, 5.41) is 5.43. The molecule has 29 heavy (non-hydrogen) atoms. The number of anilines is 1. The Morgan fingerprint density at radius 1 is 0.862 bits per heavy atom. The molecule has 3 aromatic carbocycles. The molecule has 0 aliphatic carbocycles. The number of H-pyrrole nitrogens is 1. The van der Waals surface area contributed by atoms with Crippen LogP contribution in [0, 0.1) is 0 Å². The third-order valence-electron chi connectivity index (χ3n) is 4.95. The van der Waals surface area contributed by atoms with Crippen LogP contribution in [0.25, 0.3) is 27.7 Å². The molecule has 5 heteroatoms. The molecule has 2 N–H and O–H groups in total. The number of nitrogens with one attached hydrogen (secondary N) is 2. The number of aromatic nitrogens is 2. The summed E-state index contributed by atoms with van der Waals surface area (Å²) in [4.78, 5) is 16.4. The molecular formula is C24H17BrN3O+. The van der Waals surface area contributed by atoms with Gasteiger partial charge in [0.05, 0.1) is 11.8 Å². The van der Waals surface area contributed by atoms with Crippen molar-refractivity contribution in [2.75, 3.05) is 5.32 Å². The number of aromatic amines is 1. The molecule has 4 nitrogen and oxygen atoms in total. The highest BCUT2D eigenvalue weighted by Crippen LogP contribution is 2.28. The Bertz CT molecular complexity index is 1370. The van der Waals surface area contributed by atoms with Crippen molar-refractivity contribution in [3.63, 3.8) is 0 Å². The summed E-state index contributed by atoms with van der Waals surface area (Å²) in [7, 11) is 0. The fourth-order valence-corrected chi connectivity index (χ4v) is 3.93. The number of carbonyl (C=O) groups is 1. The quantitative estimate of drug-likeness (QED) is 0.351. The van der Waals surface area contributed by atoms with Crippen LogP contribution in [0.5, 0.6) is 0 Å². The summed E-state index contributed by atoms with van der Waals surface area (Å²) < 4.78 is 2.83. The van der Waals surface area contributed by atoms with E-state index in [1.165, 1.54) is 5.39 Å². The minimum absolute atomic E-state index is 0.161. The van der Waals surface area contributed by atoms with Crippen LogP contribution in [-0.4, -0.2) is 10.9 Å². The maximum atomic E-state index is 12.9. The van der Waals surface area contributed by atoms with Crippen molar-refractivity contribution >= 4 is 44.1 Å². The van der Waals surface area contributed by atoms with E-state index in [0.717, 1.165) is 26.8 Å². The van der Waals surface area contributed by atoms with E-state index in [0.29, 0.717) is 11.4 Å². The van der Waals surface area contributed by atoms with Gasteiger partial charge < -0.3 is 0 Å². The first-order chi connectivity index (χ1) is 14.2. The number of amides is 1. The number of hydrogen-bond acceptors (Lipinski definition) is 1. The number of pyridine rings is 1. The standard InChI is InChI=1S/C24H16BrN3O/c25-20-9-5-8-19(15-20)24(29)27-23-22(26-21-10-3-4-13-28(21)23)18-12-11-16-6-1-2-7-17(16)14-18/h1-15H,(H,27,29)/p+1. The van der Waals surface area contributed by atoms with E-state index in [1.807, 2.05) is 59.1 Å². The zero-order valence-electron chi connectivity index (χ0n) is 15.4. The number of fused-ring (bicyclic) bond motifs is 2. The molecule has 0 saturated heterocycles. The molecule has 0 aliphatic rings. The Morgan fingerprint density at radius 3 is 2.55 bits per heavy atom. The molecule has 0 unspecified atom stereocenters. The van der Waals surface area contributed by atoms with Gasteiger partial charge in [-0.25, -0.2) is 9.72 Å². The second-order valence-electron chi connectivity index (χ2n) is 6.83. The lowest BCUT2D eigenvalue weighted by molar-refractivity contribution is -0.493. The molecule has 0 atom stereocenters. The third-order valence-corrected chi connectivity index (χ3v) is 5.44. The molecule has 5 aromatic rings. The van der Waals surface area contributed by atoms with Gasteiger partial charge in [0.25, 0.3) is 5.82 Å². The van der Waals surface area contributed by atoms with Gasteiger partial charge in [-0.15, -0.1) is 0 Å². The van der Waals surface area contributed by atoms with E-state index < -0.39 is 0 Å². The van der Waals surface area contributed by atoms with Crippen LogP contribution < -0.4 is 9.72 Å². The van der Waals surface area contributed by atoms with Gasteiger partial charge in [0, 0.05) is 16.1 Å². The average Bonchev–Trinajstić information content (AvgIpc) is 3.12. The molecule has 2 heterocycles. The second kappa shape index (κ2) is 7.18. The highest BCUT2D eigenvalue weighted by Gasteiger charge is 2.23. The Kier molecular flexibility index (Phi) is 4.37. The van der Waals surface area contributed by atoms with Crippen LogP contribution in [0.3, 0.4) is 0 Å². The zero-order valence-corrected chi connectivity index (χ0v) is 17.0. The Balaban J connectivity index is 1.64. The van der Waals surface area contributed by atoms with Gasteiger partial charge in [0.2, 0.25) is 5.65 Å². The maximum Gasteiger partial charge on any atom is 0.311 e. The predicted octanol–water partition coefficient (Wildman–Crippen LogP) is 5.59.